The molecule has 3 aromatic carbocycles. The zero-order chi connectivity index (χ0) is 20.5. The number of benzene rings is 3. The highest BCUT2D eigenvalue weighted by Gasteiger charge is 2.62. The lowest BCUT2D eigenvalue weighted by atomic mass is 9.95. The Morgan fingerprint density at radius 2 is 1.70 bits per heavy atom. The smallest absolute Gasteiger partial charge is 0.293 e. The number of fused-ring (bicyclic) bond motifs is 6. The molecule has 0 aromatic heterocycles. The van der Waals surface area contributed by atoms with Gasteiger partial charge in [0.15, 0.2) is 0 Å². The number of hydrazine groups is 1. The summed E-state index contributed by atoms with van der Waals surface area (Å²) in [6, 6.07) is 24.1. The van der Waals surface area contributed by atoms with Crippen molar-refractivity contribution in [2.75, 3.05) is 11.9 Å². The molecule has 3 heterocycles. The maximum absolute atomic E-state index is 13.7. The minimum absolute atomic E-state index is 0.103. The third-order valence-corrected chi connectivity index (χ3v) is 6.27. The number of ether oxygens (including phenoxy) is 1. The molecule has 0 saturated carbocycles. The molecule has 0 unspecified atom stereocenters. The summed E-state index contributed by atoms with van der Waals surface area (Å²) in [5, 5.41) is 1.97. The van der Waals surface area contributed by atoms with Gasteiger partial charge in [-0.05, 0) is 30.7 Å². The van der Waals surface area contributed by atoms with Crippen LogP contribution < -0.4 is 15.1 Å². The van der Waals surface area contributed by atoms with Gasteiger partial charge in [-0.1, -0.05) is 66.2 Å². The molecule has 1 N–H and O–H groups in total. The van der Waals surface area contributed by atoms with E-state index in [1.54, 1.807) is 11.9 Å². The highest BCUT2D eigenvalue weighted by atomic mass is 16.5. The van der Waals surface area contributed by atoms with Crippen molar-refractivity contribution in [1.82, 2.24) is 10.4 Å². The highest BCUT2D eigenvalue weighted by molar-refractivity contribution is 6.07. The Morgan fingerprint density at radius 3 is 2.53 bits per heavy atom. The van der Waals surface area contributed by atoms with Crippen LogP contribution in [-0.2, 0) is 10.5 Å². The summed E-state index contributed by atoms with van der Waals surface area (Å²) in [6.45, 7) is 2.08. The number of para-hydroxylation sites is 2. The maximum Gasteiger partial charge on any atom is 0.293 e. The second kappa shape index (κ2) is 5.97. The van der Waals surface area contributed by atoms with Gasteiger partial charge >= 0.3 is 0 Å². The van der Waals surface area contributed by atoms with E-state index < -0.39 is 5.72 Å². The molecule has 0 saturated heterocycles. The van der Waals surface area contributed by atoms with E-state index in [1.807, 2.05) is 47.5 Å². The van der Waals surface area contributed by atoms with Crippen molar-refractivity contribution in [3.8, 4) is 5.75 Å². The van der Waals surface area contributed by atoms with Crippen LogP contribution in [0.3, 0.4) is 0 Å². The SMILES string of the molecule is Cc1ccc(C2=C[C@@H]3c4ccccc4O[C@]4(C(=O)N(C)c5ccccc54)N3N2)cc1. The number of aryl methyl sites for hydroxylation is 1. The third-order valence-electron chi connectivity index (χ3n) is 6.27. The van der Waals surface area contributed by atoms with E-state index >= 15 is 0 Å². The lowest BCUT2D eigenvalue weighted by molar-refractivity contribution is -0.167. The maximum atomic E-state index is 13.7. The van der Waals surface area contributed by atoms with E-state index in [-0.39, 0.29) is 11.9 Å². The molecule has 1 amide bonds. The first-order valence-corrected chi connectivity index (χ1v) is 10.1. The number of carbonyl (C=O) groups is 1. The van der Waals surface area contributed by atoms with E-state index in [4.69, 9.17) is 4.74 Å². The molecule has 3 aromatic rings. The van der Waals surface area contributed by atoms with Crippen molar-refractivity contribution in [3.63, 3.8) is 0 Å². The minimum Gasteiger partial charge on any atom is -0.457 e. The molecule has 3 aliphatic heterocycles. The molecule has 148 valence electrons. The average Bonchev–Trinajstić information content (AvgIpc) is 3.31. The lowest BCUT2D eigenvalue weighted by Crippen LogP contribution is -2.61. The van der Waals surface area contributed by atoms with Crippen LogP contribution in [0.25, 0.3) is 5.70 Å². The second-order valence-electron chi connectivity index (χ2n) is 8.04. The van der Waals surface area contributed by atoms with Crippen molar-refractivity contribution in [1.29, 1.82) is 0 Å². The van der Waals surface area contributed by atoms with E-state index in [2.05, 4.69) is 48.8 Å². The summed E-state index contributed by atoms with van der Waals surface area (Å²) >= 11 is 0. The Balaban J connectivity index is 1.56. The second-order valence-corrected chi connectivity index (χ2v) is 8.04. The summed E-state index contributed by atoms with van der Waals surface area (Å²) in [4.78, 5) is 15.4. The average molecular weight is 395 g/mol. The largest absolute Gasteiger partial charge is 0.457 e. The molecule has 0 aliphatic carbocycles. The van der Waals surface area contributed by atoms with Crippen LogP contribution in [0.15, 0.2) is 78.9 Å². The summed E-state index contributed by atoms with van der Waals surface area (Å²) in [6.07, 6.45) is 2.18. The Labute approximate surface area is 175 Å². The molecule has 0 bridgehead atoms. The molecule has 1 spiro atoms. The highest BCUT2D eigenvalue weighted by Crippen LogP contribution is 2.53. The fourth-order valence-corrected chi connectivity index (χ4v) is 4.73. The Bertz CT molecular complexity index is 1220. The van der Waals surface area contributed by atoms with Crippen LogP contribution in [0.4, 0.5) is 5.69 Å². The van der Waals surface area contributed by atoms with Gasteiger partial charge in [-0.25, -0.2) is 0 Å². The van der Waals surface area contributed by atoms with Crippen molar-refractivity contribution in [2.45, 2.75) is 18.7 Å². The molecular formula is C25H21N3O2. The first-order chi connectivity index (χ1) is 14.6. The lowest BCUT2D eigenvalue weighted by Gasteiger charge is -2.45. The molecular weight excluding hydrogens is 374 g/mol. The van der Waals surface area contributed by atoms with Gasteiger partial charge in [0.25, 0.3) is 11.6 Å². The van der Waals surface area contributed by atoms with Gasteiger partial charge in [-0.3, -0.25) is 4.79 Å². The van der Waals surface area contributed by atoms with Crippen molar-refractivity contribution >= 4 is 17.3 Å². The molecule has 2 atom stereocenters. The van der Waals surface area contributed by atoms with E-state index in [1.165, 1.54) is 5.56 Å². The monoisotopic (exact) mass is 395 g/mol. The number of carbonyl (C=O) groups excluding carboxylic acids is 1. The van der Waals surface area contributed by atoms with Crippen LogP contribution >= 0.6 is 0 Å². The quantitative estimate of drug-likeness (QED) is 0.673. The summed E-state index contributed by atoms with van der Waals surface area (Å²) < 4.78 is 6.55. The summed E-state index contributed by atoms with van der Waals surface area (Å²) in [7, 11) is 1.80. The first-order valence-electron chi connectivity index (χ1n) is 10.1. The Morgan fingerprint density at radius 1 is 0.967 bits per heavy atom. The number of hydrogen-bond donors (Lipinski definition) is 1. The van der Waals surface area contributed by atoms with Gasteiger partial charge in [0.1, 0.15) is 5.75 Å². The van der Waals surface area contributed by atoms with Crippen LogP contribution in [0.5, 0.6) is 5.75 Å². The molecule has 6 rings (SSSR count). The van der Waals surface area contributed by atoms with E-state index in [0.717, 1.165) is 33.8 Å². The third kappa shape index (κ3) is 2.13. The number of nitrogens with zero attached hydrogens (tertiary/aromatic N) is 2. The van der Waals surface area contributed by atoms with E-state index in [0.29, 0.717) is 0 Å². The minimum atomic E-state index is -1.26. The van der Waals surface area contributed by atoms with Crippen LogP contribution in [0.1, 0.15) is 28.3 Å². The molecule has 0 fully saturated rings. The van der Waals surface area contributed by atoms with Gasteiger partial charge < -0.3 is 15.1 Å². The number of anilines is 1. The predicted molar refractivity (Wildman–Crippen MR) is 115 cm³/mol. The van der Waals surface area contributed by atoms with Crippen molar-refractivity contribution < 1.29 is 9.53 Å². The molecule has 5 nitrogen and oxygen atoms in total. The molecule has 30 heavy (non-hydrogen) atoms. The first kappa shape index (κ1) is 17.3. The van der Waals surface area contributed by atoms with E-state index in [9.17, 15) is 4.79 Å². The number of nitrogens with one attached hydrogen (secondary N) is 1. The Kier molecular flexibility index (Phi) is 3.44. The summed E-state index contributed by atoms with van der Waals surface area (Å²) in [5.74, 6) is 0.634. The number of amides is 1. The normalized spacial score (nSPS) is 24.1. The van der Waals surface area contributed by atoms with Crippen LogP contribution in [0, 0.1) is 6.92 Å². The topological polar surface area (TPSA) is 44.8 Å². The number of hydrogen-bond acceptors (Lipinski definition) is 4. The van der Waals surface area contributed by atoms with Gasteiger partial charge in [0, 0.05) is 18.2 Å². The fourth-order valence-electron chi connectivity index (χ4n) is 4.73. The van der Waals surface area contributed by atoms with Crippen LogP contribution in [0.2, 0.25) is 0 Å². The number of likely N-dealkylation sites (N-methyl/N-ethyl adjacent to an activating group) is 1. The van der Waals surface area contributed by atoms with Gasteiger partial charge in [0.2, 0.25) is 0 Å². The van der Waals surface area contributed by atoms with Crippen LogP contribution in [-0.4, -0.2) is 18.0 Å². The summed E-state index contributed by atoms with van der Waals surface area (Å²) in [5.41, 5.74) is 8.28. The Hall–Kier alpha value is -3.57. The zero-order valence-corrected chi connectivity index (χ0v) is 16.8. The van der Waals surface area contributed by atoms with Crippen molar-refractivity contribution in [3.05, 3.63) is 101 Å². The molecule has 0 radical (unpaired) electrons. The molecule has 3 aliphatic rings. The fraction of sp³-hybridized carbons (Fsp3) is 0.160. The van der Waals surface area contributed by atoms with Gasteiger partial charge in [-0.2, -0.15) is 5.01 Å². The van der Waals surface area contributed by atoms with Gasteiger partial charge in [0.05, 0.1) is 17.4 Å². The zero-order valence-electron chi connectivity index (χ0n) is 16.8. The van der Waals surface area contributed by atoms with Crippen molar-refractivity contribution in [2.24, 2.45) is 0 Å². The number of rotatable bonds is 1. The predicted octanol–water partition coefficient (Wildman–Crippen LogP) is 4.12. The molecule has 5 heteroatoms. The standard InChI is InChI=1S/C25H21N3O2/c1-16-11-13-17(14-12-16)20-15-22-18-7-3-6-10-23(18)30-25(28(22)26-20)19-8-4-5-9-21(19)27(2)24(25)29/h3-15,22,26H,1-2H3/t22-,25-/m1/s1. The van der Waals surface area contributed by atoms with Gasteiger partial charge in [-0.15, -0.1) is 0 Å².